The standard InChI is InChI=1S/C6H10N4O2/c7-9-3-6-8(4-9)1-5(11)2-10(6)12/h3,12H,1-2,4,7H2. The van der Waals surface area contributed by atoms with Crippen LogP contribution in [-0.2, 0) is 4.79 Å². The van der Waals surface area contributed by atoms with Crippen LogP contribution in [0.3, 0.4) is 0 Å². The molecule has 0 saturated carbocycles. The molecule has 1 fully saturated rings. The Morgan fingerprint density at radius 3 is 3.00 bits per heavy atom. The topological polar surface area (TPSA) is 73.0 Å². The molecule has 0 unspecified atom stereocenters. The third kappa shape index (κ3) is 1.01. The first-order valence-electron chi connectivity index (χ1n) is 3.63. The van der Waals surface area contributed by atoms with Gasteiger partial charge in [0.2, 0.25) is 0 Å². The van der Waals surface area contributed by atoms with Crippen LogP contribution < -0.4 is 5.84 Å². The van der Waals surface area contributed by atoms with E-state index >= 15 is 0 Å². The van der Waals surface area contributed by atoms with Crippen LogP contribution in [0.15, 0.2) is 12.0 Å². The molecule has 0 amide bonds. The van der Waals surface area contributed by atoms with Crippen molar-refractivity contribution in [1.29, 1.82) is 0 Å². The molecule has 0 radical (unpaired) electrons. The lowest BCUT2D eigenvalue weighted by Crippen LogP contribution is -2.45. The molecule has 1 saturated heterocycles. The van der Waals surface area contributed by atoms with Gasteiger partial charge in [-0.15, -0.1) is 0 Å². The summed E-state index contributed by atoms with van der Waals surface area (Å²) in [4.78, 5) is 12.7. The first kappa shape index (κ1) is 7.38. The number of hydrazine groups is 1. The number of nitrogens with zero attached hydrogens (tertiary/aromatic N) is 3. The fourth-order valence-electron chi connectivity index (χ4n) is 1.41. The van der Waals surface area contributed by atoms with Crippen LogP contribution >= 0.6 is 0 Å². The van der Waals surface area contributed by atoms with Gasteiger partial charge in [0.05, 0.1) is 12.7 Å². The van der Waals surface area contributed by atoms with E-state index in [1.807, 2.05) is 0 Å². The maximum Gasteiger partial charge on any atom is 0.174 e. The summed E-state index contributed by atoms with van der Waals surface area (Å²) < 4.78 is 0. The van der Waals surface area contributed by atoms with E-state index in [9.17, 15) is 10.0 Å². The molecule has 12 heavy (non-hydrogen) atoms. The number of Topliss-reactive ketones (excluding diaryl/α,β-unsaturated/α-hetero) is 1. The summed E-state index contributed by atoms with van der Waals surface area (Å²) in [5.74, 6) is 6.05. The number of rotatable bonds is 0. The highest BCUT2D eigenvalue weighted by molar-refractivity contribution is 5.83. The Kier molecular flexibility index (Phi) is 1.45. The van der Waals surface area contributed by atoms with Crippen LogP contribution in [0.1, 0.15) is 0 Å². The lowest BCUT2D eigenvalue weighted by atomic mass is 10.3. The smallest absolute Gasteiger partial charge is 0.174 e. The van der Waals surface area contributed by atoms with Crippen LogP contribution in [0.5, 0.6) is 0 Å². The van der Waals surface area contributed by atoms with Crippen LogP contribution in [0.25, 0.3) is 0 Å². The highest BCUT2D eigenvalue weighted by Gasteiger charge is 2.30. The van der Waals surface area contributed by atoms with Gasteiger partial charge in [-0.2, -0.15) is 0 Å². The number of carbonyl (C=O) groups excluding carboxylic acids is 1. The molecule has 0 bridgehead atoms. The SMILES string of the molecule is NN1C=C2N(O)CC(=O)CN2C1. The maximum atomic E-state index is 11.0. The van der Waals surface area contributed by atoms with E-state index in [-0.39, 0.29) is 12.3 Å². The van der Waals surface area contributed by atoms with E-state index in [0.717, 1.165) is 5.06 Å². The zero-order valence-electron chi connectivity index (χ0n) is 6.47. The molecule has 6 nitrogen and oxygen atoms in total. The monoisotopic (exact) mass is 170 g/mol. The summed E-state index contributed by atoms with van der Waals surface area (Å²) in [5, 5.41) is 11.6. The van der Waals surface area contributed by atoms with Crippen molar-refractivity contribution in [2.45, 2.75) is 0 Å². The van der Waals surface area contributed by atoms with Gasteiger partial charge in [0.15, 0.2) is 5.78 Å². The average Bonchev–Trinajstić information content (AvgIpc) is 2.29. The fraction of sp³-hybridized carbons (Fsp3) is 0.500. The van der Waals surface area contributed by atoms with Gasteiger partial charge >= 0.3 is 0 Å². The summed E-state index contributed by atoms with van der Waals surface area (Å²) >= 11 is 0. The van der Waals surface area contributed by atoms with Crippen molar-refractivity contribution in [3.63, 3.8) is 0 Å². The van der Waals surface area contributed by atoms with Crippen molar-refractivity contribution < 1.29 is 10.0 Å². The predicted molar refractivity (Wildman–Crippen MR) is 39.2 cm³/mol. The highest BCUT2D eigenvalue weighted by Crippen LogP contribution is 2.19. The minimum absolute atomic E-state index is 0.00931. The van der Waals surface area contributed by atoms with Crippen LogP contribution in [0, 0.1) is 0 Å². The van der Waals surface area contributed by atoms with Crippen LogP contribution in [0.4, 0.5) is 0 Å². The summed E-state index contributed by atoms with van der Waals surface area (Å²) in [6, 6.07) is 0. The molecular formula is C6H10N4O2. The second kappa shape index (κ2) is 2.36. The normalized spacial score (nSPS) is 23.0. The first-order chi connectivity index (χ1) is 5.66. The molecule has 3 N–H and O–H groups in total. The van der Waals surface area contributed by atoms with Crippen molar-refractivity contribution >= 4 is 5.78 Å². The van der Waals surface area contributed by atoms with Gasteiger partial charge in [-0.1, -0.05) is 0 Å². The lowest BCUT2D eigenvalue weighted by molar-refractivity contribution is -0.142. The number of fused-ring (bicyclic) bond motifs is 1. The number of ketones is 1. The molecule has 2 aliphatic heterocycles. The Balaban J connectivity index is 2.21. The maximum absolute atomic E-state index is 11.0. The third-order valence-electron chi connectivity index (χ3n) is 1.90. The third-order valence-corrected chi connectivity index (χ3v) is 1.90. The predicted octanol–water partition coefficient (Wildman–Crippen LogP) is -1.49. The van der Waals surface area contributed by atoms with Crippen molar-refractivity contribution in [2.24, 2.45) is 5.84 Å². The van der Waals surface area contributed by atoms with E-state index < -0.39 is 0 Å². The number of hydrogen-bond acceptors (Lipinski definition) is 6. The van der Waals surface area contributed by atoms with Crippen LogP contribution in [0.2, 0.25) is 0 Å². The second-order valence-corrected chi connectivity index (χ2v) is 2.94. The van der Waals surface area contributed by atoms with Crippen molar-refractivity contribution in [1.82, 2.24) is 15.0 Å². The average molecular weight is 170 g/mol. The van der Waals surface area contributed by atoms with Gasteiger partial charge in [-0.05, 0) is 0 Å². The molecule has 6 heteroatoms. The van der Waals surface area contributed by atoms with Crippen molar-refractivity contribution in [3.8, 4) is 0 Å². The molecule has 2 aliphatic rings. The highest BCUT2D eigenvalue weighted by atomic mass is 16.5. The molecule has 0 aromatic heterocycles. The van der Waals surface area contributed by atoms with Gasteiger partial charge in [0, 0.05) is 0 Å². The Labute approximate surface area is 69.4 Å². The molecule has 0 aromatic rings. The second-order valence-electron chi connectivity index (χ2n) is 2.94. The van der Waals surface area contributed by atoms with E-state index in [2.05, 4.69) is 0 Å². The molecule has 0 spiro atoms. The molecule has 2 heterocycles. The fourth-order valence-corrected chi connectivity index (χ4v) is 1.41. The molecular weight excluding hydrogens is 160 g/mol. The van der Waals surface area contributed by atoms with Gasteiger partial charge in [-0.25, -0.2) is 10.9 Å². The van der Waals surface area contributed by atoms with Crippen molar-refractivity contribution in [3.05, 3.63) is 12.0 Å². The Morgan fingerprint density at radius 2 is 2.25 bits per heavy atom. The molecule has 0 aromatic carbocycles. The quantitative estimate of drug-likeness (QED) is 0.431. The Hall–Kier alpha value is -1.27. The lowest BCUT2D eigenvalue weighted by Gasteiger charge is -2.31. The molecule has 0 aliphatic carbocycles. The van der Waals surface area contributed by atoms with E-state index in [4.69, 9.17) is 5.84 Å². The first-order valence-corrected chi connectivity index (χ1v) is 3.63. The van der Waals surface area contributed by atoms with Gasteiger partial charge in [0.1, 0.15) is 19.0 Å². The molecule has 66 valence electrons. The summed E-state index contributed by atoms with van der Waals surface area (Å²) in [6.45, 7) is 0.838. The van der Waals surface area contributed by atoms with Crippen LogP contribution in [-0.4, -0.2) is 45.7 Å². The van der Waals surface area contributed by atoms with E-state index in [0.29, 0.717) is 19.0 Å². The Bertz CT molecular complexity index is 252. The largest absolute Gasteiger partial charge is 0.329 e. The summed E-state index contributed by atoms with van der Waals surface area (Å²) in [7, 11) is 0. The van der Waals surface area contributed by atoms with E-state index in [1.54, 1.807) is 11.1 Å². The Morgan fingerprint density at radius 1 is 1.50 bits per heavy atom. The van der Waals surface area contributed by atoms with Crippen molar-refractivity contribution in [2.75, 3.05) is 19.8 Å². The minimum atomic E-state index is -0.00931. The van der Waals surface area contributed by atoms with Gasteiger partial charge in [-0.3, -0.25) is 15.0 Å². The number of hydrogen-bond donors (Lipinski definition) is 2. The zero-order chi connectivity index (χ0) is 8.72. The number of nitrogens with two attached hydrogens (primary N) is 1. The van der Waals surface area contributed by atoms with Gasteiger partial charge in [0.25, 0.3) is 0 Å². The number of hydroxylamine groups is 2. The van der Waals surface area contributed by atoms with Gasteiger partial charge < -0.3 is 4.90 Å². The number of carbonyl (C=O) groups is 1. The zero-order valence-corrected chi connectivity index (χ0v) is 6.47. The summed E-state index contributed by atoms with van der Waals surface area (Å²) in [6.07, 6.45) is 1.60. The van der Waals surface area contributed by atoms with E-state index in [1.165, 1.54) is 5.01 Å². The minimum Gasteiger partial charge on any atom is -0.329 e. The molecule has 0 atom stereocenters. The molecule has 2 rings (SSSR count). The summed E-state index contributed by atoms with van der Waals surface area (Å²) in [5.41, 5.74) is 0.